The summed E-state index contributed by atoms with van der Waals surface area (Å²) < 4.78 is 0. The van der Waals surface area contributed by atoms with E-state index in [1.807, 2.05) is 6.92 Å². The highest BCUT2D eigenvalue weighted by atomic mass is 16.1. The molecule has 3 aromatic rings. The number of rotatable bonds is 3. The van der Waals surface area contributed by atoms with Gasteiger partial charge in [0.25, 0.3) is 5.91 Å². The van der Waals surface area contributed by atoms with Gasteiger partial charge in [-0.2, -0.15) is 0 Å². The average molecular weight is 361 g/mol. The molecule has 0 aliphatic carbocycles. The number of hydrogen-bond donors (Lipinski definition) is 1. The Morgan fingerprint density at radius 2 is 1.96 bits per heavy atom. The molecule has 1 amide bonds. The second kappa shape index (κ2) is 7.31. The molecular formula is C21H23N5O. The second-order valence-electron chi connectivity index (χ2n) is 7.10. The van der Waals surface area contributed by atoms with Gasteiger partial charge >= 0.3 is 0 Å². The minimum atomic E-state index is -0.0551. The van der Waals surface area contributed by atoms with Crippen LogP contribution in [0.1, 0.15) is 34.5 Å². The van der Waals surface area contributed by atoms with Crippen molar-refractivity contribution in [2.45, 2.75) is 32.7 Å². The molecule has 1 aliphatic rings. The first kappa shape index (κ1) is 17.4. The summed E-state index contributed by atoms with van der Waals surface area (Å²) in [5.41, 5.74) is 3.60. The summed E-state index contributed by atoms with van der Waals surface area (Å²) in [7, 11) is 0. The molecule has 3 aromatic heterocycles. The first-order valence-corrected chi connectivity index (χ1v) is 9.31. The number of hydrogen-bond acceptors (Lipinski definition) is 5. The molecule has 0 radical (unpaired) electrons. The molecule has 0 atom stereocenters. The van der Waals surface area contributed by atoms with Crippen LogP contribution in [0, 0.1) is 13.8 Å². The summed E-state index contributed by atoms with van der Waals surface area (Å²) >= 11 is 0. The summed E-state index contributed by atoms with van der Waals surface area (Å²) in [5, 5.41) is 4.21. The minimum absolute atomic E-state index is 0.0551. The Hall–Kier alpha value is -3.02. The number of carbonyl (C=O) groups excluding carboxylic acids is 1. The number of piperidine rings is 1. The van der Waals surface area contributed by atoms with Crippen molar-refractivity contribution in [3.63, 3.8) is 0 Å². The van der Waals surface area contributed by atoms with Gasteiger partial charge in [0.05, 0.1) is 5.56 Å². The van der Waals surface area contributed by atoms with Crippen molar-refractivity contribution in [1.82, 2.24) is 20.3 Å². The third kappa shape index (κ3) is 3.74. The lowest BCUT2D eigenvalue weighted by Crippen LogP contribution is -2.45. The SMILES string of the molecule is Cc1cc(C)c2ccc(N3CCC(NC(=O)c4cccnc4)CC3)nc2n1. The van der Waals surface area contributed by atoms with Gasteiger partial charge in [-0.05, 0) is 62.6 Å². The fraction of sp³-hybridized carbons (Fsp3) is 0.333. The summed E-state index contributed by atoms with van der Waals surface area (Å²) in [6.45, 7) is 5.81. The molecule has 1 fully saturated rings. The fourth-order valence-corrected chi connectivity index (χ4v) is 3.62. The number of nitrogens with zero attached hydrogens (tertiary/aromatic N) is 4. The van der Waals surface area contributed by atoms with E-state index in [0.717, 1.165) is 48.5 Å². The van der Waals surface area contributed by atoms with Gasteiger partial charge in [-0.15, -0.1) is 0 Å². The zero-order valence-electron chi connectivity index (χ0n) is 15.6. The van der Waals surface area contributed by atoms with Crippen LogP contribution in [-0.4, -0.2) is 40.0 Å². The maximum absolute atomic E-state index is 12.3. The van der Waals surface area contributed by atoms with Gasteiger partial charge < -0.3 is 10.2 Å². The van der Waals surface area contributed by atoms with Crippen LogP contribution >= 0.6 is 0 Å². The first-order valence-electron chi connectivity index (χ1n) is 9.31. The van der Waals surface area contributed by atoms with Crippen LogP contribution < -0.4 is 10.2 Å². The van der Waals surface area contributed by atoms with Crippen molar-refractivity contribution in [3.8, 4) is 0 Å². The van der Waals surface area contributed by atoms with Gasteiger partial charge in [0.1, 0.15) is 5.82 Å². The molecule has 0 spiro atoms. The molecule has 4 rings (SSSR count). The molecule has 0 aromatic carbocycles. The summed E-state index contributed by atoms with van der Waals surface area (Å²) in [6.07, 6.45) is 5.06. The van der Waals surface area contributed by atoms with Crippen LogP contribution in [0.25, 0.3) is 11.0 Å². The number of anilines is 1. The maximum Gasteiger partial charge on any atom is 0.253 e. The standard InChI is InChI=1S/C21H23N5O/c1-14-12-15(2)23-20-18(14)5-6-19(25-20)26-10-7-17(8-11-26)24-21(27)16-4-3-9-22-13-16/h3-6,9,12-13,17H,7-8,10-11H2,1-2H3,(H,24,27). The molecule has 27 heavy (non-hydrogen) atoms. The number of amides is 1. The van der Waals surface area contributed by atoms with E-state index in [0.29, 0.717) is 5.56 Å². The van der Waals surface area contributed by atoms with Crippen molar-refractivity contribution in [1.29, 1.82) is 0 Å². The van der Waals surface area contributed by atoms with Gasteiger partial charge in [-0.1, -0.05) is 0 Å². The highest BCUT2D eigenvalue weighted by Crippen LogP contribution is 2.23. The largest absolute Gasteiger partial charge is 0.356 e. The van der Waals surface area contributed by atoms with Gasteiger partial charge in [0.15, 0.2) is 5.65 Å². The minimum Gasteiger partial charge on any atom is -0.356 e. The summed E-state index contributed by atoms with van der Waals surface area (Å²) in [6, 6.07) is 10.0. The van der Waals surface area contributed by atoms with E-state index in [9.17, 15) is 4.79 Å². The van der Waals surface area contributed by atoms with Crippen LogP contribution in [0.2, 0.25) is 0 Å². The number of fused-ring (bicyclic) bond motifs is 1. The van der Waals surface area contributed by atoms with Crippen LogP contribution in [0.5, 0.6) is 0 Å². The molecular weight excluding hydrogens is 338 g/mol. The van der Waals surface area contributed by atoms with Crippen molar-refractivity contribution in [3.05, 3.63) is 59.5 Å². The Morgan fingerprint density at radius 3 is 2.70 bits per heavy atom. The Bertz CT molecular complexity index is 965. The molecule has 0 saturated carbocycles. The monoisotopic (exact) mass is 361 g/mol. The number of aryl methyl sites for hydroxylation is 2. The summed E-state index contributed by atoms with van der Waals surface area (Å²) in [5.74, 6) is 0.901. The van der Waals surface area contributed by atoms with E-state index < -0.39 is 0 Å². The predicted octanol–water partition coefficient (Wildman–Crippen LogP) is 3.04. The van der Waals surface area contributed by atoms with E-state index in [4.69, 9.17) is 4.98 Å². The van der Waals surface area contributed by atoms with Crippen LogP contribution in [0.4, 0.5) is 5.82 Å². The average Bonchev–Trinajstić information content (AvgIpc) is 2.68. The lowest BCUT2D eigenvalue weighted by atomic mass is 10.0. The number of nitrogens with one attached hydrogen (secondary N) is 1. The highest BCUT2D eigenvalue weighted by Gasteiger charge is 2.22. The normalized spacial score (nSPS) is 15.1. The first-order chi connectivity index (χ1) is 13.1. The lowest BCUT2D eigenvalue weighted by molar-refractivity contribution is 0.0930. The zero-order chi connectivity index (χ0) is 18.8. The number of aromatic nitrogens is 3. The third-order valence-electron chi connectivity index (χ3n) is 5.07. The van der Waals surface area contributed by atoms with E-state index in [1.165, 1.54) is 5.56 Å². The van der Waals surface area contributed by atoms with Crippen molar-refractivity contribution < 1.29 is 4.79 Å². The van der Waals surface area contributed by atoms with E-state index in [1.54, 1.807) is 24.5 Å². The van der Waals surface area contributed by atoms with Crippen molar-refractivity contribution >= 4 is 22.8 Å². The van der Waals surface area contributed by atoms with E-state index in [2.05, 4.69) is 45.3 Å². The van der Waals surface area contributed by atoms with Crippen molar-refractivity contribution in [2.75, 3.05) is 18.0 Å². The lowest BCUT2D eigenvalue weighted by Gasteiger charge is -2.33. The van der Waals surface area contributed by atoms with E-state index >= 15 is 0 Å². The molecule has 6 heteroatoms. The molecule has 4 heterocycles. The fourth-order valence-electron chi connectivity index (χ4n) is 3.62. The van der Waals surface area contributed by atoms with Crippen LogP contribution in [-0.2, 0) is 0 Å². The van der Waals surface area contributed by atoms with Crippen molar-refractivity contribution in [2.24, 2.45) is 0 Å². The Labute approximate surface area is 158 Å². The van der Waals surface area contributed by atoms with Crippen LogP contribution in [0.15, 0.2) is 42.7 Å². The van der Waals surface area contributed by atoms with Gasteiger partial charge in [0.2, 0.25) is 0 Å². The highest BCUT2D eigenvalue weighted by molar-refractivity contribution is 5.94. The Balaban J connectivity index is 1.42. The maximum atomic E-state index is 12.3. The predicted molar refractivity (Wildman–Crippen MR) is 106 cm³/mol. The number of carbonyl (C=O) groups is 1. The van der Waals surface area contributed by atoms with Gasteiger partial charge in [-0.25, -0.2) is 9.97 Å². The quantitative estimate of drug-likeness (QED) is 0.776. The molecule has 6 nitrogen and oxygen atoms in total. The summed E-state index contributed by atoms with van der Waals surface area (Å²) in [4.78, 5) is 27.9. The molecule has 1 saturated heterocycles. The smallest absolute Gasteiger partial charge is 0.253 e. The molecule has 0 bridgehead atoms. The Morgan fingerprint density at radius 1 is 1.15 bits per heavy atom. The second-order valence-corrected chi connectivity index (χ2v) is 7.10. The third-order valence-corrected chi connectivity index (χ3v) is 5.07. The molecule has 1 aliphatic heterocycles. The molecule has 138 valence electrons. The Kier molecular flexibility index (Phi) is 4.71. The zero-order valence-corrected chi connectivity index (χ0v) is 15.6. The topological polar surface area (TPSA) is 71.0 Å². The number of pyridine rings is 3. The molecule has 0 unspecified atom stereocenters. The van der Waals surface area contributed by atoms with Gasteiger partial charge in [-0.3, -0.25) is 9.78 Å². The van der Waals surface area contributed by atoms with Crippen LogP contribution in [0.3, 0.4) is 0 Å². The van der Waals surface area contributed by atoms with E-state index in [-0.39, 0.29) is 11.9 Å². The van der Waals surface area contributed by atoms with Gasteiger partial charge in [0, 0.05) is 42.6 Å². The molecule has 1 N–H and O–H groups in total.